The Bertz CT molecular complexity index is 715. The third kappa shape index (κ3) is 3.98. The fraction of sp³-hybridized carbons (Fsp3) is 0.263. The topological polar surface area (TPSA) is 46.6 Å². The molecule has 0 spiro atoms. The van der Waals surface area contributed by atoms with Gasteiger partial charge in [0, 0.05) is 19.5 Å². The summed E-state index contributed by atoms with van der Waals surface area (Å²) in [4.78, 5) is 25.9. The average molecular weight is 327 g/mol. The van der Waals surface area contributed by atoms with Crippen molar-refractivity contribution in [3.8, 4) is 0 Å². The molecule has 0 N–H and O–H groups in total. The lowest BCUT2D eigenvalue weighted by Crippen LogP contribution is -2.26. The van der Waals surface area contributed by atoms with Gasteiger partial charge >= 0.3 is 5.97 Å². The van der Waals surface area contributed by atoms with Crippen molar-refractivity contribution in [3.63, 3.8) is 0 Å². The van der Waals surface area contributed by atoms with Gasteiger partial charge in [0.1, 0.15) is 12.4 Å². The van der Waals surface area contributed by atoms with Gasteiger partial charge in [-0.25, -0.2) is 4.39 Å². The Balaban J connectivity index is 1.53. The summed E-state index contributed by atoms with van der Waals surface area (Å²) in [5.74, 6) is -1.20. The number of carbonyl (C=O) groups excluding carboxylic acids is 2. The predicted molar refractivity (Wildman–Crippen MR) is 86.2 cm³/mol. The van der Waals surface area contributed by atoms with Crippen molar-refractivity contribution in [2.45, 2.75) is 19.6 Å². The largest absolute Gasteiger partial charge is 0.461 e. The Labute approximate surface area is 139 Å². The fourth-order valence-electron chi connectivity index (χ4n) is 2.74. The molecule has 1 fully saturated rings. The number of hydrogen-bond donors (Lipinski definition) is 0. The van der Waals surface area contributed by atoms with Gasteiger partial charge in [-0.3, -0.25) is 9.59 Å². The third-order valence-electron chi connectivity index (χ3n) is 4.06. The first-order chi connectivity index (χ1) is 11.6. The number of ether oxygens (including phenoxy) is 1. The monoisotopic (exact) mass is 327 g/mol. The van der Waals surface area contributed by atoms with Gasteiger partial charge in [0.2, 0.25) is 5.91 Å². The van der Waals surface area contributed by atoms with Crippen LogP contribution in [-0.2, 0) is 27.5 Å². The van der Waals surface area contributed by atoms with Crippen LogP contribution >= 0.6 is 0 Å². The van der Waals surface area contributed by atoms with Crippen LogP contribution in [0.15, 0.2) is 54.6 Å². The van der Waals surface area contributed by atoms with Crippen LogP contribution in [-0.4, -0.2) is 23.3 Å². The van der Waals surface area contributed by atoms with E-state index in [-0.39, 0.29) is 30.7 Å². The second-order valence-corrected chi connectivity index (χ2v) is 5.90. The second-order valence-electron chi connectivity index (χ2n) is 5.90. The summed E-state index contributed by atoms with van der Waals surface area (Å²) in [5, 5.41) is 0. The second kappa shape index (κ2) is 7.25. The summed E-state index contributed by atoms with van der Waals surface area (Å²) >= 11 is 0. The van der Waals surface area contributed by atoms with Gasteiger partial charge in [0.15, 0.2) is 0 Å². The number of esters is 1. The van der Waals surface area contributed by atoms with Crippen LogP contribution in [0.2, 0.25) is 0 Å². The van der Waals surface area contributed by atoms with Gasteiger partial charge in [-0.2, -0.15) is 0 Å². The summed E-state index contributed by atoms with van der Waals surface area (Å²) in [6.45, 7) is 0.958. The highest BCUT2D eigenvalue weighted by molar-refractivity contribution is 5.86. The number of carbonyl (C=O) groups is 2. The van der Waals surface area contributed by atoms with Gasteiger partial charge in [0.25, 0.3) is 0 Å². The zero-order chi connectivity index (χ0) is 16.9. The maximum Gasteiger partial charge on any atom is 0.311 e. The van der Waals surface area contributed by atoms with E-state index >= 15 is 0 Å². The molecule has 1 amide bonds. The molecule has 1 aliphatic rings. The Morgan fingerprint density at radius 1 is 1.08 bits per heavy atom. The molecule has 24 heavy (non-hydrogen) atoms. The Morgan fingerprint density at radius 2 is 1.79 bits per heavy atom. The lowest BCUT2D eigenvalue weighted by Gasteiger charge is -2.16. The molecule has 1 heterocycles. The zero-order valence-electron chi connectivity index (χ0n) is 13.2. The van der Waals surface area contributed by atoms with Gasteiger partial charge in [0.05, 0.1) is 5.92 Å². The molecule has 3 rings (SSSR count). The zero-order valence-corrected chi connectivity index (χ0v) is 13.2. The van der Waals surface area contributed by atoms with E-state index in [1.807, 2.05) is 30.3 Å². The van der Waals surface area contributed by atoms with E-state index in [1.165, 1.54) is 12.1 Å². The molecule has 0 aromatic heterocycles. The highest BCUT2D eigenvalue weighted by Gasteiger charge is 2.35. The summed E-state index contributed by atoms with van der Waals surface area (Å²) in [5.41, 5.74) is 1.75. The third-order valence-corrected chi connectivity index (χ3v) is 4.06. The SMILES string of the molecule is O=C(OCc1ccc(F)cc1)[C@H]1CC(=O)N(Cc2ccccc2)C1. The maximum absolute atomic E-state index is 12.8. The molecule has 0 aliphatic carbocycles. The van der Waals surface area contributed by atoms with Gasteiger partial charge in [-0.1, -0.05) is 42.5 Å². The van der Waals surface area contributed by atoms with Crippen LogP contribution < -0.4 is 0 Å². The quantitative estimate of drug-likeness (QED) is 0.793. The van der Waals surface area contributed by atoms with E-state index in [9.17, 15) is 14.0 Å². The molecule has 0 bridgehead atoms. The molecule has 1 aliphatic heterocycles. The molecule has 0 unspecified atom stereocenters. The highest BCUT2D eigenvalue weighted by atomic mass is 19.1. The number of rotatable bonds is 5. The molecule has 1 atom stereocenters. The number of benzene rings is 2. The lowest BCUT2D eigenvalue weighted by molar-refractivity contribution is -0.149. The highest BCUT2D eigenvalue weighted by Crippen LogP contribution is 2.22. The molecular weight excluding hydrogens is 309 g/mol. The number of halogens is 1. The van der Waals surface area contributed by atoms with Crippen LogP contribution in [0.25, 0.3) is 0 Å². The molecule has 1 saturated heterocycles. The predicted octanol–water partition coefficient (Wildman–Crippen LogP) is 2.92. The van der Waals surface area contributed by atoms with Gasteiger partial charge < -0.3 is 9.64 Å². The Hall–Kier alpha value is -2.69. The summed E-state index contributed by atoms with van der Waals surface area (Å²) in [6.07, 6.45) is 0.176. The molecule has 0 radical (unpaired) electrons. The van der Waals surface area contributed by atoms with Crippen molar-refractivity contribution in [3.05, 3.63) is 71.5 Å². The molecule has 5 heteroatoms. The van der Waals surface area contributed by atoms with Crippen LogP contribution in [0.1, 0.15) is 17.5 Å². The van der Waals surface area contributed by atoms with Crippen molar-refractivity contribution in [2.75, 3.05) is 6.54 Å². The van der Waals surface area contributed by atoms with Crippen molar-refractivity contribution in [1.29, 1.82) is 0 Å². The summed E-state index contributed by atoms with van der Waals surface area (Å²) in [7, 11) is 0. The minimum Gasteiger partial charge on any atom is -0.461 e. The molecular formula is C19H18FNO3. The van der Waals surface area contributed by atoms with Crippen LogP contribution in [0.3, 0.4) is 0 Å². The first kappa shape index (κ1) is 16.2. The fourth-order valence-corrected chi connectivity index (χ4v) is 2.74. The smallest absolute Gasteiger partial charge is 0.311 e. The van der Waals surface area contributed by atoms with Crippen molar-refractivity contribution < 1.29 is 18.7 Å². The van der Waals surface area contributed by atoms with E-state index in [2.05, 4.69) is 0 Å². The summed E-state index contributed by atoms with van der Waals surface area (Å²) < 4.78 is 18.1. The Morgan fingerprint density at radius 3 is 2.50 bits per heavy atom. The molecule has 4 nitrogen and oxygen atoms in total. The molecule has 2 aromatic carbocycles. The van der Waals surface area contributed by atoms with E-state index in [4.69, 9.17) is 4.74 Å². The van der Waals surface area contributed by atoms with Crippen LogP contribution in [0, 0.1) is 11.7 Å². The van der Waals surface area contributed by atoms with Crippen LogP contribution in [0.4, 0.5) is 4.39 Å². The first-order valence-electron chi connectivity index (χ1n) is 7.84. The van der Waals surface area contributed by atoms with Crippen molar-refractivity contribution >= 4 is 11.9 Å². The van der Waals surface area contributed by atoms with E-state index in [0.29, 0.717) is 13.1 Å². The minimum atomic E-state index is -0.443. The Kier molecular flexibility index (Phi) is 4.89. The average Bonchev–Trinajstić information content (AvgIpc) is 2.96. The minimum absolute atomic E-state index is 0.0393. The molecule has 2 aromatic rings. The van der Waals surface area contributed by atoms with E-state index in [1.54, 1.807) is 17.0 Å². The van der Waals surface area contributed by atoms with E-state index in [0.717, 1.165) is 11.1 Å². The number of likely N-dealkylation sites (tertiary alicyclic amines) is 1. The van der Waals surface area contributed by atoms with Gasteiger partial charge in [-0.15, -0.1) is 0 Å². The lowest BCUT2D eigenvalue weighted by atomic mass is 10.1. The molecule has 124 valence electrons. The number of nitrogens with zero attached hydrogens (tertiary/aromatic N) is 1. The van der Waals surface area contributed by atoms with Crippen molar-refractivity contribution in [2.24, 2.45) is 5.92 Å². The number of hydrogen-bond acceptors (Lipinski definition) is 3. The van der Waals surface area contributed by atoms with Crippen LogP contribution in [0.5, 0.6) is 0 Å². The maximum atomic E-state index is 12.8. The van der Waals surface area contributed by atoms with Crippen molar-refractivity contribution in [1.82, 2.24) is 4.90 Å². The normalized spacial score (nSPS) is 17.1. The van der Waals surface area contributed by atoms with Gasteiger partial charge in [-0.05, 0) is 23.3 Å². The first-order valence-corrected chi connectivity index (χ1v) is 7.84. The molecule has 0 saturated carbocycles. The summed E-state index contributed by atoms with van der Waals surface area (Å²) in [6, 6.07) is 15.5. The standard InChI is InChI=1S/C19H18FNO3/c20-17-8-6-15(7-9-17)13-24-19(23)16-10-18(22)21(12-16)11-14-4-2-1-3-5-14/h1-9,16H,10-13H2/t16-/m0/s1. The number of amides is 1. The van der Waals surface area contributed by atoms with E-state index < -0.39 is 5.92 Å².